The van der Waals surface area contributed by atoms with Gasteiger partial charge in [0.1, 0.15) is 0 Å². The van der Waals surface area contributed by atoms with Crippen LogP contribution in [0, 0.1) is 0 Å². The van der Waals surface area contributed by atoms with E-state index in [1.54, 1.807) is 18.2 Å². The summed E-state index contributed by atoms with van der Waals surface area (Å²) in [6.07, 6.45) is 2.55. The fraction of sp³-hybridized carbons (Fsp3) is 0.316. The number of ether oxygens (including phenoxy) is 3. The van der Waals surface area contributed by atoms with E-state index < -0.39 is 0 Å². The van der Waals surface area contributed by atoms with Crippen molar-refractivity contribution in [2.24, 2.45) is 0 Å². The number of fused-ring (bicyclic) bond motifs is 1. The number of aryl methyl sites for hydroxylation is 1. The quantitative estimate of drug-likeness (QED) is 0.624. The van der Waals surface area contributed by atoms with Crippen molar-refractivity contribution in [1.82, 2.24) is 0 Å². The summed E-state index contributed by atoms with van der Waals surface area (Å²) in [7, 11) is 0. The molecule has 0 aromatic heterocycles. The zero-order valence-electron chi connectivity index (χ0n) is 13.0. The topological polar surface area (TPSA) is 44.8 Å². The second-order valence-corrected chi connectivity index (χ2v) is 5.44. The maximum absolute atomic E-state index is 12.1. The van der Waals surface area contributed by atoms with Gasteiger partial charge in [-0.15, -0.1) is 0 Å². The van der Waals surface area contributed by atoms with Gasteiger partial charge < -0.3 is 14.2 Å². The number of carbonyl (C=O) groups is 1. The molecule has 1 aliphatic rings. The molecule has 0 saturated carbocycles. The molecule has 0 spiro atoms. The predicted molar refractivity (Wildman–Crippen MR) is 87.1 cm³/mol. The lowest BCUT2D eigenvalue weighted by Crippen LogP contribution is -2.07. The first-order chi connectivity index (χ1) is 11.3. The Hall–Kier alpha value is -2.49. The SMILES string of the molecule is O=C(OCCCc1ccccc1)c1ccc2c(c1)OCCCO2. The average Bonchev–Trinajstić information content (AvgIpc) is 2.84. The van der Waals surface area contributed by atoms with Crippen LogP contribution >= 0.6 is 0 Å². The Balaban J connectivity index is 1.51. The van der Waals surface area contributed by atoms with Crippen molar-refractivity contribution in [1.29, 1.82) is 0 Å². The molecule has 0 saturated heterocycles. The molecule has 23 heavy (non-hydrogen) atoms. The van der Waals surface area contributed by atoms with Gasteiger partial charge in [0.25, 0.3) is 0 Å². The van der Waals surface area contributed by atoms with E-state index in [1.165, 1.54) is 5.56 Å². The molecular formula is C19H20O4. The average molecular weight is 312 g/mol. The first kappa shape index (κ1) is 15.4. The minimum Gasteiger partial charge on any atom is -0.490 e. The summed E-state index contributed by atoms with van der Waals surface area (Å²) >= 11 is 0. The summed E-state index contributed by atoms with van der Waals surface area (Å²) in [6.45, 7) is 1.64. The molecule has 0 amide bonds. The van der Waals surface area contributed by atoms with Crippen LogP contribution in [0.15, 0.2) is 48.5 Å². The van der Waals surface area contributed by atoms with Crippen molar-refractivity contribution in [3.8, 4) is 11.5 Å². The lowest BCUT2D eigenvalue weighted by Gasteiger charge is -2.09. The highest BCUT2D eigenvalue weighted by atomic mass is 16.5. The number of hydrogen-bond acceptors (Lipinski definition) is 4. The zero-order valence-corrected chi connectivity index (χ0v) is 13.0. The predicted octanol–water partition coefficient (Wildman–Crippen LogP) is 3.64. The first-order valence-electron chi connectivity index (χ1n) is 7.93. The third-order valence-corrected chi connectivity index (χ3v) is 3.67. The Morgan fingerprint density at radius 2 is 1.78 bits per heavy atom. The number of benzene rings is 2. The van der Waals surface area contributed by atoms with E-state index >= 15 is 0 Å². The van der Waals surface area contributed by atoms with Crippen LogP contribution < -0.4 is 9.47 Å². The summed E-state index contributed by atoms with van der Waals surface area (Å²) in [5.41, 5.74) is 1.74. The van der Waals surface area contributed by atoms with Crippen molar-refractivity contribution in [3.05, 3.63) is 59.7 Å². The Bertz CT molecular complexity index is 652. The molecular weight excluding hydrogens is 292 g/mol. The molecule has 1 aliphatic heterocycles. The van der Waals surface area contributed by atoms with E-state index in [0.29, 0.717) is 36.9 Å². The van der Waals surface area contributed by atoms with E-state index in [9.17, 15) is 4.79 Å². The lowest BCUT2D eigenvalue weighted by atomic mass is 10.1. The minimum absolute atomic E-state index is 0.325. The minimum atomic E-state index is -0.325. The Labute approximate surface area is 136 Å². The highest BCUT2D eigenvalue weighted by Crippen LogP contribution is 2.30. The fourth-order valence-corrected chi connectivity index (χ4v) is 2.46. The van der Waals surface area contributed by atoms with Crippen LogP contribution in [0.4, 0.5) is 0 Å². The number of esters is 1. The fourth-order valence-electron chi connectivity index (χ4n) is 2.46. The molecule has 2 aromatic carbocycles. The molecule has 4 nitrogen and oxygen atoms in total. The van der Waals surface area contributed by atoms with Gasteiger partial charge in [0.15, 0.2) is 11.5 Å². The molecule has 3 rings (SSSR count). The van der Waals surface area contributed by atoms with Gasteiger partial charge in [-0.1, -0.05) is 30.3 Å². The van der Waals surface area contributed by atoms with Crippen LogP contribution in [0.1, 0.15) is 28.8 Å². The third kappa shape index (κ3) is 4.25. The molecule has 0 bridgehead atoms. The zero-order chi connectivity index (χ0) is 15.9. The number of rotatable bonds is 5. The van der Waals surface area contributed by atoms with E-state index in [1.807, 2.05) is 18.2 Å². The van der Waals surface area contributed by atoms with Crippen LogP contribution in [-0.4, -0.2) is 25.8 Å². The maximum Gasteiger partial charge on any atom is 0.338 e. The molecule has 0 unspecified atom stereocenters. The second kappa shape index (κ2) is 7.68. The molecule has 2 aromatic rings. The summed E-state index contributed by atoms with van der Waals surface area (Å²) in [5.74, 6) is 0.970. The van der Waals surface area contributed by atoms with Gasteiger partial charge in [-0.3, -0.25) is 0 Å². The molecule has 4 heteroatoms. The van der Waals surface area contributed by atoms with Crippen LogP contribution in [0.25, 0.3) is 0 Å². The normalized spacial score (nSPS) is 13.2. The smallest absolute Gasteiger partial charge is 0.338 e. The Morgan fingerprint density at radius 3 is 2.61 bits per heavy atom. The van der Waals surface area contributed by atoms with Crippen LogP contribution in [0.5, 0.6) is 11.5 Å². The van der Waals surface area contributed by atoms with Crippen LogP contribution in [0.2, 0.25) is 0 Å². The van der Waals surface area contributed by atoms with Crippen molar-refractivity contribution < 1.29 is 19.0 Å². The molecule has 0 fully saturated rings. The van der Waals surface area contributed by atoms with E-state index in [4.69, 9.17) is 14.2 Å². The van der Waals surface area contributed by atoms with Gasteiger partial charge in [0.05, 0.1) is 25.4 Å². The number of carbonyl (C=O) groups excluding carboxylic acids is 1. The largest absolute Gasteiger partial charge is 0.490 e. The van der Waals surface area contributed by atoms with Crippen LogP contribution in [0.3, 0.4) is 0 Å². The molecule has 0 N–H and O–H groups in total. The van der Waals surface area contributed by atoms with Gasteiger partial charge in [0.2, 0.25) is 0 Å². The van der Waals surface area contributed by atoms with Gasteiger partial charge in [0, 0.05) is 6.42 Å². The maximum atomic E-state index is 12.1. The van der Waals surface area contributed by atoms with Crippen LogP contribution in [-0.2, 0) is 11.2 Å². The highest BCUT2D eigenvalue weighted by molar-refractivity contribution is 5.90. The summed E-state index contributed by atoms with van der Waals surface area (Å²) in [4.78, 5) is 12.1. The van der Waals surface area contributed by atoms with Crippen molar-refractivity contribution in [2.75, 3.05) is 19.8 Å². The van der Waals surface area contributed by atoms with Gasteiger partial charge in [-0.25, -0.2) is 4.79 Å². The monoisotopic (exact) mass is 312 g/mol. The lowest BCUT2D eigenvalue weighted by molar-refractivity contribution is 0.0500. The summed E-state index contributed by atoms with van der Waals surface area (Å²) in [6, 6.07) is 15.3. The van der Waals surface area contributed by atoms with Crippen molar-refractivity contribution >= 4 is 5.97 Å². The Morgan fingerprint density at radius 1 is 1.00 bits per heavy atom. The number of hydrogen-bond donors (Lipinski definition) is 0. The first-order valence-corrected chi connectivity index (χ1v) is 7.93. The van der Waals surface area contributed by atoms with Gasteiger partial charge in [-0.2, -0.15) is 0 Å². The molecule has 0 radical (unpaired) electrons. The van der Waals surface area contributed by atoms with E-state index in [2.05, 4.69) is 12.1 Å². The highest BCUT2D eigenvalue weighted by Gasteiger charge is 2.14. The summed E-state index contributed by atoms with van der Waals surface area (Å²) < 4.78 is 16.5. The van der Waals surface area contributed by atoms with Crippen molar-refractivity contribution in [2.45, 2.75) is 19.3 Å². The van der Waals surface area contributed by atoms with Gasteiger partial charge >= 0.3 is 5.97 Å². The molecule has 120 valence electrons. The third-order valence-electron chi connectivity index (χ3n) is 3.67. The van der Waals surface area contributed by atoms with Crippen molar-refractivity contribution in [3.63, 3.8) is 0 Å². The summed E-state index contributed by atoms with van der Waals surface area (Å²) in [5, 5.41) is 0. The Kier molecular flexibility index (Phi) is 5.14. The molecule has 0 atom stereocenters. The standard InChI is InChI=1S/C19H20O4/c20-19(23-11-4-8-15-6-2-1-3-7-15)16-9-10-17-18(14-16)22-13-5-12-21-17/h1-3,6-7,9-10,14H,4-5,8,11-13H2. The molecule has 1 heterocycles. The van der Waals surface area contributed by atoms with Gasteiger partial charge in [-0.05, 0) is 36.6 Å². The second-order valence-electron chi connectivity index (χ2n) is 5.44. The van der Waals surface area contributed by atoms with E-state index in [-0.39, 0.29) is 5.97 Å². The molecule has 0 aliphatic carbocycles. The van der Waals surface area contributed by atoms with E-state index in [0.717, 1.165) is 19.3 Å².